The second-order valence-corrected chi connectivity index (χ2v) is 6.17. The fourth-order valence-electron chi connectivity index (χ4n) is 1.69. The van der Waals surface area contributed by atoms with Gasteiger partial charge in [-0.05, 0) is 30.5 Å². The minimum Gasteiger partial charge on any atom is -0.494 e. The number of aromatic carboxylic acids is 1. The Morgan fingerprint density at radius 2 is 2.21 bits per heavy atom. The van der Waals surface area contributed by atoms with Crippen molar-refractivity contribution in [3.05, 3.63) is 28.1 Å². The van der Waals surface area contributed by atoms with E-state index in [9.17, 15) is 4.79 Å². The van der Waals surface area contributed by atoms with Crippen molar-refractivity contribution in [3.8, 4) is 5.75 Å². The monoisotopic (exact) mass is 298 g/mol. The molecule has 0 aliphatic rings. The largest absolute Gasteiger partial charge is 0.494 e. The highest BCUT2D eigenvalue weighted by molar-refractivity contribution is 7.21. The number of carboxylic acid groups (broad SMARTS) is 1. The zero-order valence-corrected chi connectivity index (χ0v) is 12.3. The summed E-state index contributed by atoms with van der Waals surface area (Å²) in [5.74, 6) is 0.324. The molecule has 0 aliphatic carbocycles. The Morgan fingerprint density at radius 3 is 2.84 bits per heavy atom. The van der Waals surface area contributed by atoms with Crippen LogP contribution in [0.3, 0.4) is 0 Å². The van der Waals surface area contributed by atoms with Crippen molar-refractivity contribution in [1.82, 2.24) is 0 Å². The lowest BCUT2D eigenvalue weighted by Gasteiger charge is -2.08. The van der Waals surface area contributed by atoms with E-state index in [1.165, 1.54) is 11.3 Å². The molecule has 1 aromatic carbocycles. The minimum atomic E-state index is -0.992. The van der Waals surface area contributed by atoms with Crippen molar-refractivity contribution in [1.29, 1.82) is 0 Å². The van der Waals surface area contributed by atoms with E-state index < -0.39 is 5.97 Å². The van der Waals surface area contributed by atoms with E-state index in [4.69, 9.17) is 21.4 Å². The van der Waals surface area contributed by atoms with Crippen molar-refractivity contribution < 1.29 is 14.6 Å². The number of hydrogen-bond acceptors (Lipinski definition) is 3. The molecule has 0 aliphatic heterocycles. The maximum atomic E-state index is 11.0. The van der Waals surface area contributed by atoms with Crippen LogP contribution in [0.1, 0.15) is 29.9 Å². The predicted molar refractivity (Wildman–Crippen MR) is 78.7 cm³/mol. The fraction of sp³-hybridized carbons (Fsp3) is 0.357. The van der Waals surface area contributed by atoms with Gasteiger partial charge in [-0.2, -0.15) is 0 Å². The highest BCUT2D eigenvalue weighted by atomic mass is 35.5. The van der Waals surface area contributed by atoms with Gasteiger partial charge in [0.05, 0.1) is 11.6 Å². The van der Waals surface area contributed by atoms with Gasteiger partial charge in [0.25, 0.3) is 0 Å². The van der Waals surface area contributed by atoms with Crippen LogP contribution < -0.4 is 4.74 Å². The van der Waals surface area contributed by atoms with Gasteiger partial charge in [0.15, 0.2) is 0 Å². The smallest absolute Gasteiger partial charge is 0.347 e. The van der Waals surface area contributed by atoms with Gasteiger partial charge in [-0.25, -0.2) is 4.79 Å². The number of rotatable bonds is 5. The average molecular weight is 299 g/mol. The molecule has 0 saturated carbocycles. The summed E-state index contributed by atoms with van der Waals surface area (Å²) >= 11 is 7.27. The van der Waals surface area contributed by atoms with E-state index in [0.29, 0.717) is 17.5 Å². The molecule has 0 fully saturated rings. The Labute approximate surface area is 120 Å². The highest BCUT2D eigenvalue weighted by Gasteiger charge is 2.16. The first-order valence-corrected chi connectivity index (χ1v) is 7.26. The molecule has 2 aromatic rings. The third kappa shape index (κ3) is 3.19. The number of thiophene rings is 1. The third-order valence-corrected chi connectivity index (χ3v) is 4.42. The molecular weight excluding hydrogens is 284 g/mol. The molecule has 19 heavy (non-hydrogen) atoms. The van der Waals surface area contributed by atoms with Gasteiger partial charge >= 0.3 is 5.97 Å². The Morgan fingerprint density at radius 1 is 1.47 bits per heavy atom. The fourth-order valence-corrected chi connectivity index (χ4v) is 3.01. The molecule has 1 heterocycles. The molecule has 0 unspecified atom stereocenters. The summed E-state index contributed by atoms with van der Waals surface area (Å²) in [6, 6.07) is 5.51. The van der Waals surface area contributed by atoms with Crippen LogP contribution in [0.15, 0.2) is 18.2 Å². The van der Waals surface area contributed by atoms with Gasteiger partial charge in [-0.1, -0.05) is 25.4 Å². The van der Waals surface area contributed by atoms with Crippen molar-refractivity contribution in [2.24, 2.45) is 5.92 Å². The average Bonchev–Trinajstić information content (AvgIpc) is 2.67. The summed E-state index contributed by atoms with van der Waals surface area (Å²) in [4.78, 5) is 11.2. The van der Waals surface area contributed by atoms with Crippen LogP contribution in [-0.2, 0) is 0 Å². The van der Waals surface area contributed by atoms with Crippen molar-refractivity contribution in [2.45, 2.75) is 20.3 Å². The highest BCUT2D eigenvalue weighted by Crippen LogP contribution is 2.37. The summed E-state index contributed by atoms with van der Waals surface area (Å²) in [5.41, 5.74) is 0. The van der Waals surface area contributed by atoms with Crippen LogP contribution in [0.4, 0.5) is 0 Å². The van der Waals surface area contributed by atoms with Crippen molar-refractivity contribution >= 4 is 39.0 Å². The quantitative estimate of drug-likeness (QED) is 0.872. The van der Waals surface area contributed by atoms with Gasteiger partial charge in [-0.15, -0.1) is 11.3 Å². The second-order valence-electron chi connectivity index (χ2n) is 4.74. The Hall–Kier alpha value is -1.26. The molecule has 1 N–H and O–H groups in total. The zero-order chi connectivity index (χ0) is 14.0. The lowest BCUT2D eigenvalue weighted by Crippen LogP contribution is -2.01. The number of hydrogen-bond donors (Lipinski definition) is 1. The van der Waals surface area contributed by atoms with Crippen LogP contribution in [0.25, 0.3) is 10.1 Å². The molecular formula is C14H15ClO3S. The molecule has 3 nitrogen and oxygen atoms in total. The van der Waals surface area contributed by atoms with Crippen LogP contribution in [0, 0.1) is 5.92 Å². The summed E-state index contributed by atoms with van der Waals surface area (Å²) in [7, 11) is 0. The maximum Gasteiger partial charge on any atom is 0.347 e. The molecule has 0 bridgehead atoms. The molecule has 5 heteroatoms. The summed E-state index contributed by atoms with van der Waals surface area (Å²) < 4.78 is 6.51. The second kappa shape index (κ2) is 5.80. The molecule has 0 radical (unpaired) electrons. The topological polar surface area (TPSA) is 46.5 Å². The Bertz CT molecular complexity index is 604. The first-order valence-electron chi connectivity index (χ1n) is 6.07. The molecule has 0 spiro atoms. The van der Waals surface area contributed by atoms with Gasteiger partial charge in [-0.3, -0.25) is 0 Å². The third-order valence-electron chi connectivity index (χ3n) is 2.76. The standard InChI is InChI=1S/C14H15ClO3S/c1-8(2)5-6-18-9-3-4-11-10(7-9)12(15)13(19-11)14(16)17/h3-4,7-8H,5-6H2,1-2H3,(H,16,17). The first kappa shape index (κ1) is 14.2. The summed E-state index contributed by atoms with van der Waals surface area (Å²) in [6.45, 7) is 4.93. The van der Waals surface area contributed by atoms with Crippen LogP contribution in [0.2, 0.25) is 5.02 Å². The van der Waals surface area contributed by atoms with E-state index >= 15 is 0 Å². The lowest BCUT2D eigenvalue weighted by atomic mass is 10.1. The van der Waals surface area contributed by atoms with Gasteiger partial charge < -0.3 is 9.84 Å². The molecule has 1 aromatic heterocycles. The van der Waals surface area contributed by atoms with Crippen LogP contribution in [-0.4, -0.2) is 17.7 Å². The summed E-state index contributed by atoms with van der Waals surface area (Å²) in [5, 5.41) is 10.1. The van der Waals surface area contributed by atoms with Crippen LogP contribution >= 0.6 is 22.9 Å². The number of carboxylic acids is 1. The van der Waals surface area contributed by atoms with Gasteiger partial charge in [0, 0.05) is 10.1 Å². The zero-order valence-electron chi connectivity index (χ0n) is 10.8. The molecule has 0 atom stereocenters. The summed E-state index contributed by atoms with van der Waals surface area (Å²) in [6.07, 6.45) is 0.982. The predicted octanol–water partition coefficient (Wildman–Crippen LogP) is 4.68. The van der Waals surface area contributed by atoms with E-state index in [1.54, 1.807) is 6.07 Å². The van der Waals surface area contributed by atoms with Gasteiger partial charge in [0.1, 0.15) is 10.6 Å². The number of halogens is 1. The Kier molecular flexibility index (Phi) is 4.32. The number of carbonyl (C=O) groups is 1. The lowest BCUT2D eigenvalue weighted by molar-refractivity contribution is 0.0702. The number of benzene rings is 1. The first-order chi connectivity index (χ1) is 8.99. The number of ether oxygens (including phenoxy) is 1. The Balaban J connectivity index is 2.25. The van der Waals surface area contributed by atoms with E-state index in [2.05, 4.69) is 13.8 Å². The molecule has 2 rings (SSSR count). The normalized spacial score (nSPS) is 11.2. The van der Waals surface area contributed by atoms with Crippen molar-refractivity contribution in [3.63, 3.8) is 0 Å². The number of fused-ring (bicyclic) bond motifs is 1. The molecule has 0 amide bonds. The minimum absolute atomic E-state index is 0.177. The molecule has 0 saturated heterocycles. The van der Waals surface area contributed by atoms with E-state index in [1.807, 2.05) is 12.1 Å². The van der Waals surface area contributed by atoms with Crippen molar-refractivity contribution in [2.75, 3.05) is 6.61 Å². The maximum absolute atomic E-state index is 11.0. The van der Waals surface area contributed by atoms with Crippen LogP contribution in [0.5, 0.6) is 5.75 Å². The van der Waals surface area contributed by atoms with E-state index in [0.717, 1.165) is 22.3 Å². The molecule has 102 valence electrons. The van der Waals surface area contributed by atoms with Gasteiger partial charge in [0.2, 0.25) is 0 Å². The van der Waals surface area contributed by atoms with E-state index in [-0.39, 0.29) is 4.88 Å². The SMILES string of the molecule is CC(C)CCOc1ccc2sc(C(=O)O)c(Cl)c2c1.